The summed E-state index contributed by atoms with van der Waals surface area (Å²) in [6.45, 7) is 0.142. The highest BCUT2D eigenvalue weighted by Crippen LogP contribution is 2.41. The Morgan fingerprint density at radius 3 is 2.55 bits per heavy atom. The van der Waals surface area contributed by atoms with Gasteiger partial charge < -0.3 is 14.5 Å². The third kappa shape index (κ3) is 4.94. The third-order valence-corrected chi connectivity index (χ3v) is 6.37. The number of nitrogens with zero attached hydrogens (tertiary/aromatic N) is 2. The van der Waals surface area contributed by atoms with Gasteiger partial charge in [-0.3, -0.25) is 14.5 Å². The van der Waals surface area contributed by atoms with Gasteiger partial charge in [0.1, 0.15) is 28.2 Å². The molecule has 0 unspecified atom stereocenters. The molecule has 1 aromatic heterocycles. The molecule has 3 aromatic rings. The number of hydrogen-bond acceptors (Lipinski definition) is 6. The summed E-state index contributed by atoms with van der Waals surface area (Å²) in [4.78, 5) is 27.8. The molecular formula is C25H21N3O4S. The minimum Gasteiger partial charge on any atom is -0.497 e. The summed E-state index contributed by atoms with van der Waals surface area (Å²) in [5, 5.41) is 12.4. The second-order valence-electron chi connectivity index (χ2n) is 7.22. The summed E-state index contributed by atoms with van der Waals surface area (Å²) in [5.41, 5.74) is 1.45. The molecule has 166 valence electrons. The lowest BCUT2D eigenvalue weighted by Crippen LogP contribution is -2.32. The maximum absolute atomic E-state index is 13.4. The lowest BCUT2D eigenvalue weighted by atomic mass is 10.1. The average molecular weight is 460 g/mol. The summed E-state index contributed by atoms with van der Waals surface area (Å²) in [5.74, 6) is 0.563. The molecule has 1 aliphatic heterocycles. The van der Waals surface area contributed by atoms with E-state index in [1.54, 1.807) is 31.4 Å². The van der Waals surface area contributed by atoms with Crippen LogP contribution in [0.3, 0.4) is 0 Å². The molecule has 2 aromatic carbocycles. The maximum Gasteiger partial charge on any atom is 0.265 e. The number of furan rings is 1. The molecule has 33 heavy (non-hydrogen) atoms. The van der Waals surface area contributed by atoms with Gasteiger partial charge in [-0.05, 0) is 48.4 Å². The Morgan fingerprint density at radius 1 is 1.15 bits per heavy atom. The molecule has 2 amide bonds. The molecule has 1 atom stereocenters. The van der Waals surface area contributed by atoms with Crippen molar-refractivity contribution in [2.24, 2.45) is 0 Å². The number of rotatable bonds is 7. The Bertz CT molecular complexity index is 1200. The highest BCUT2D eigenvalue weighted by Gasteiger charge is 2.40. The predicted molar refractivity (Wildman–Crippen MR) is 125 cm³/mol. The molecule has 2 heterocycles. The van der Waals surface area contributed by atoms with Crippen LogP contribution >= 0.6 is 11.8 Å². The van der Waals surface area contributed by atoms with Crippen molar-refractivity contribution in [2.75, 3.05) is 12.0 Å². The first-order chi connectivity index (χ1) is 16.1. The zero-order valence-electron chi connectivity index (χ0n) is 17.9. The summed E-state index contributed by atoms with van der Waals surface area (Å²) in [6.07, 6.45) is 1.96. The van der Waals surface area contributed by atoms with E-state index in [0.29, 0.717) is 22.9 Å². The van der Waals surface area contributed by atoms with Crippen molar-refractivity contribution < 1.29 is 18.7 Å². The van der Waals surface area contributed by atoms with E-state index in [9.17, 15) is 14.9 Å². The van der Waals surface area contributed by atoms with Gasteiger partial charge in [-0.2, -0.15) is 5.26 Å². The van der Waals surface area contributed by atoms with Gasteiger partial charge in [0.2, 0.25) is 5.91 Å². The fraction of sp³-hybridized carbons (Fsp3) is 0.160. The quantitative estimate of drug-likeness (QED) is 0.423. The number of anilines is 1. The van der Waals surface area contributed by atoms with Crippen molar-refractivity contribution in [1.82, 2.24) is 5.32 Å². The maximum atomic E-state index is 13.4. The van der Waals surface area contributed by atoms with Crippen molar-refractivity contribution >= 4 is 29.3 Å². The second-order valence-corrected chi connectivity index (χ2v) is 8.41. The van der Waals surface area contributed by atoms with Crippen LogP contribution in [0.4, 0.5) is 5.69 Å². The first-order valence-electron chi connectivity index (χ1n) is 10.2. The van der Waals surface area contributed by atoms with Crippen LogP contribution < -0.4 is 15.0 Å². The van der Waals surface area contributed by atoms with Gasteiger partial charge in [-0.25, -0.2) is 0 Å². The number of hydrogen-bond donors (Lipinski definition) is 1. The molecular weight excluding hydrogens is 438 g/mol. The highest BCUT2D eigenvalue weighted by atomic mass is 32.2. The molecule has 0 aliphatic carbocycles. The van der Waals surface area contributed by atoms with Crippen LogP contribution in [0.15, 0.2) is 88.0 Å². The van der Waals surface area contributed by atoms with Gasteiger partial charge in [0.05, 0.1) is 25.2 Å². The number of para-hydroxylation sites is 1. The standard InChI is InChI=1S/C25H21N3O4S/c1-31-19-11-9-17(10-12-19)14-22-24(30)28(18-6-3-2-4-7-18)25(33-22)21(15-26)23(29)27-16-20-8-5-13-32-20/h2-13,22H,14,16H2,1H3,(H,27,29)/b25-21-/t22-/m1/s1. The van der Waals surface area contributed by atoms with E-state index in [1.165, 1.54) is 22.9 Å². The van der Waals surface area contributed by atoms with Crippen LogP contribution in [0.5, 0.6) is 5.75 Å². The molecule has 1 saturated heterocycles. The molecule has 1 aliphatic rings. The number of carbonyl (C=O) groups excluding carboxylic acids is 2. The number of thioether (sulfide) groups is 1. The molecule has 4 rings (SSSR count). The second kappa shape index (κ2) is 10.1. The first kappa shape index (κ1) is 22.2. The SMILES string of the molecule is COc1ccc(C[C@H]2S/C(=C(/C#N)C(=O)NCc3ccco3)N(c3ccccc3)C2=O)cc1. The molecule has 8 heteroatoms. The number of methoxy groups -OCH3 is 1. The Hall–Kier alpha value is -3.96. The number of nitrogens with one attached hydrogen (secondary N) is 1. The van der Waals surface area contributed by atoms with Crippen LogP contribution in [0, 0.1) is 11.3 Å². The van der Waals surface area contributed by atoms with Crippen molar-refractivity contribution in [1.29, 1.82) is 5.26 Å². The summed E-state index contributed by atoms with van der Waals surface area (Å²) < 4.78 is 10.4. The zero-order chi connectivity index (χ0) is 23.2. The largest absolute Gasteiger partial charge is 0.497 e. The van der Waals surface area contributed by atoms with E-state index in [-0.39, 0.29) is 18.0 Å². The van der Waals surface area contributed by atoms with Gasteiger partial charge in [-0.1, -0.05) is 42.1 Å². The van der Waals surface area contributed by atoms with Crippen molar-refractivity contribution in [3.05, 3.63) is 94.9 Å². The van der Waals surface area contributed by atoms with Gasteiger partial charge in [0.25, 0.3) is 5.91 Å². The molecule has 0 spiro atoms. The average Bonchev–Trinajstić information content (AvgIpc) is 3.48. The van der Waals surface area contributed by atoms with E-state index in [1.807, 2.05) is 48.5 Å². The van der Waals surface area contributed by atoms with E-state index < -0.39 is 11.2 Å². The predicted octanol–water partition coefficient (Wildman–Crippen LogP) is 4.03. The van der Waals surface area contributed by atoms with Crippen LogP contribution in [-0.4, -0.2) is 24.2 Å². The fourth-order valence-corrected chi connectivity index (χ4v) is 4.75. The van der Waals surface area contributed by atoms with Crippen molar-refractivity contribution in [2.45, 2.75) is 18.2 Å². The number of carbonyl (C=O) groups is 2. The van der Waals surface area contributed by atoms with Crippen LogP contribution in [0.2, 0.25) is 0 Å². The van der Waals surface area contributed by atoms with E-state index in [0.717, 1.165) is 11.3 Å². The van der Waals surface area contributed by atoms with Gasteiger partial charge in [0, 0.05) is 5.69 Å². The van der Waals surface area contributed by atoms with Crippen LogP contribution in [0.1, 0.15) is 11.3 Å². The Balaban J connectivity index is 1.64. The topological polar surface area (TPSA) is 95.6 Å². The lowest BCUT2D eigenvalue weighted by molar-refractivity contribution is -0.117. The van der Waals surface area contributed by atoms with E-state index in [2.05, 4.69) is 5.32 Å². The monoisotopic (exact) mass is 459 g/mol. The molecule has 0 saturated carbocycles. The number of amides is 2. The lowest BCUT2D eigenvalue weighted by Gasteiger charge is -2.18. The molecule has 7 nitrogen and oxygen atoms in total. The Labute approximate surface area is 195 Å². The van der Waals surface area contributed by atoms with Gasteiger partial charge in [0.15, 0.2) is 0 Å². The van der Waals surface area contributed by atoms with Crippen LogP contribution in [0.25, 0.3) is 0 Å². The molecule has 1 N–H and O–H groups in total. The normalized spacial score (nSPS) is 16.9. The fourth-order valence-electron chi connectivity index (χ4n) is 3.44. The molecule has 0 bridgehead atoms. The minimum absolute atomic E-state index is 0.110. The number of benzene rings is 2. The van der Waals surface area contributed by atoms with Crippen molar-refractivity contribution in [3.8, 4) is 11.8 Å². The van der Waals surface area contributed by atoms with Gasteiger partial charge >= 0.3 is 0 Å². The first-order valence-corrected chi connectivity index (χ1v) is 11.1. The van der Waals surface area contributed by atoms with E-state index in [4.69, 9.17) is 9.15 Å². The summed E-state index contributed by atoms with van der Waals surface area (Å²) >= 11 is 1.23. The zero-order valence-corrected chi connectivity index (χ0v) is 18.7. The highest BCUT2D eigenvalue weighted by molar-refractivity contribution is 8.05. The van der Waals surface area contributed by atoms with Gasteiger partial charge in [-0.15, -0.1) is 0 Å². The number of nitriles is 1. The van der Waals surface area contributed by atoms with Crippen molar-refractivity contribution in [3.63, 3.8) is 0 Å². The molecule has 0 radical (unpaired) electrons. The number of ether oxygens (including phenoxy) is 1. The Kier molecular flexibility index (Phi) is 6.81. The summed E-state index contributed by atoms with van der Waals surface area (Å²) in [7, 11) is 1.60. The summed E-state index contributed by atoms with van der Waals surface area (Å²) in [6, 6.07) is 22.0. The Morgan fingerprint density at radius 2 is 1.91 bits per heavy atom. The smallest absolute Gasteiger partial charge is 0.265 e. The van der Waals surface area contributed by atoms with E-state index >= 15 is 0 Å². The minimum atomic E-state index is -0.560. The van der Waals surface area contributed by atoms with Crippen LogP contribution in [-0.2, 0) is 22.6 Å². The molecule has 1 fully saturated rings. The third-order valence-electron chi connectivity index (χ3n) is 5.10.